The highest BCUT2D eigenvalue weighted by Crippen LogP contribution is 2.25. The minimum absolute atomic E-state index is 0.0635. The molecule has 6 nitrogen and oxygen atoms in total. The van der Waals surface area contributed by atoms with E-state index in [1.165, 1.54) is 0 Å². The number of pyridine rings is 1. The number of hydrogen-bond donors (Lipinski definition) is 1. The van der Waals surface area contributed by atoms with E-state index in [9.17, 15) is 4.79 Å². The van der Waals surface area contributed by atoms with Crippen molar-refractivity contribution in [2.24, 2.45) is 0 Å². The summed E-state index contributed by atoms with van der Waals surface area (Å²) in [4.78, 5) is 17.3. The first-order valence-electron chi connectivity index (χ1n) is 6.24. The molecule has 2 rings (SSSR count). The van der Waals surface area contributed by atoms with Crippen LogP contribution in [0.2, 0.25) is 0 Å². The van der Waals surface area contributed by atoms with Gasteiger partial charge in [-0.3, -0.25) is 9.69 Å². The van der Waals surface area contributed by atoms with E-state index in [1.807, 2.05) is 6.07 Å². The molecule has 0 saturated carbocycles. The van der Waals surface area contributed by atoms with Crippen molar-refractivity contribution < 1.29 is 19.4 Å². The average Bonchev–Trinajstić information content (AvgIpc) is 2.46. The molecule has 6 heteroatoms. The van der Waals surface area contributed by atoms with Crippen LogP contribution >= 0.6 is 0 Å². The molecule has 1 aromatic rings. The van der Waals surface area contributed by atoms with E-state index in [4.69, 9.17) is 14.6 Å². The van der Waals surface area contributed by atoms with Gasteiger partial charge in [-0.05, 0) is 5.56 Å². The quantitative estimate of drug-likeness (QED) is 0.855. The molecule has 0 radical (unpaired) electrons. The van der Waals surface area contributed by atoms with Gasteiger partial charge in [0.25, 0.3) is 0 Å². The zero-order valence-corrected chi connectivity index (χ0v) is 10.9. The van der Waals surface area contributed by atoms with E-state index < -0.39 is 5.97 Å². The van der Waals surface area contributed by atoms with Crippen LogP contribution in [0.3, 0.4) is 0 Å². The van der Waals surface area contributed by atoms with Crippen molar-refractivity contribution >= 4 is 5.97 Å². The Morgan fingerprint density at radius 2 is 2.26 bits per heavy atom. The number of nitrogens with zero attached hydrogens (tertiary/aromatic N) is 2. The van der Waals surface area contributed by atoms with Crippen LogP contribution in [0.5, 0.6) is 5.88 Å². The van der Waals surface area contributed by atoms with Gasteiger partial charge in [-0.2, -0.15) is 0 Å². The maximum absolute atomic E-state index is 11.0. The summed E-state index contributed by atoms with van der Waals surface area (Å²) in [5.74, 6) is -0.285. The Morgan fingerprint density at radius 1 is 1.53 bits per heavy atom. The van der Waals surface area contributed by atoms with E-state index in [2.05, 4.69) is 9.88 Å². The van der Waals surface area contributed by atoms with Gasteiger partial charge in [-0.1, -0.05) is 6.07 Å². The zero-order valence-electron chi connectivity index (χ0n) is 10.9. The second-order valence-corrected chi connectivity index (χ2v) is 4.40. The maximum atomic E-state index is 11.0. The van der Waals surface area contributed by atoms with E-state index in [1.54, 1.807) is 19.4 Å². The van der Waals surface area contributed by atoms with Crippen molar-refractivity contribution in [2.75, 3.05) is 33.4 Å². The van der Waals surface area contributed by atoms with E-state index >= 15 is 0 Å². The SMILES string of the molecule is COc1ccc(C(CC(=O)O)N2CCOCC2)cn1. The number of aliphatic carboxylic acids is 1. The summed E-state index contributed by atoms with van der Waals surface area (Å²) in [6.07, 6.45) is 1.75. The van der Waals surface area contributed by atoms with E-state index in [0.29, 0.717) is 19.1 Å². The smallest absolute Gasteiger partial charge is 0.305 e. The van der Waals surface area contributed by atoms with Gasteiger partial charge in [0.05, 0.1) is 26.7 Å². The number of carbonyl (C=O) groups is 1. The van der Waals surface area contributed by atoms with Gasteiger partial charge in [-0.15, -0.1) is 0 Å². The molecular weight excluding hydrogens is 248 g/mol. The molecule has 1 aliphatic heterocycles. The van der Waals surface area contributed by atoms with Crippen LogP contribution in [-0.4, -0.2) is 54.4 Å². The molecule has 0 aliphatic carbocycles. The van der Waals surface area contributed by atoms with Gasteiger partial charge in [-0.25, -0.2) is 4.98 Å². The predicted molar refractivity (Wildman–Crippen MR) is 68.2 cm³/mol. The monoisotopic (exact) mass is 266 g/mol. The second kappa shape index (κ2) is 6.49. The number of morpholine rings is 1. The number of rotatable bonds is 5. The Bertz CT molecular complexity index is 415. The van der Waals surface area contributed by atoms with E-state index in [0.717, 1.165) is 18.7 Å². The third-order valence-electron chi connectivity index (χ3n) is 3.21. The number of methoxy groups -OCH3 is 1. The zero-order chi connectivity index (χ0) is 13.7. The van der Waals surface area contributed by atoms with E-state index in [-0.39, 0.29) is 12.5 Å². The molecule has 1 saturated heterocycles. The third kappa shape index (κ3) is 3.65. The highest BCUT2D eigenvalue weighted by atomic mass is 16.5. The fraction of sp³-hybridized carbons (Fsp3) is 0.538. The standard InChI is InChI=1S/C13H18N2O4/c1-18-12-3-2-10(9-14-12)11(8-13(16)17)15-4-6-19-7-5-15/h2-3,9,11H,4-8H2,1H3,(H,16,17). The van der Waals surface area contributed by atoms with Gasteiger partial charge in [0.15, 0.2) is 0 Å². The lowest BCUT2D eigenvalue weighted by Crippen LogP contribution is -2.39. The molecule has 1 N–H and O–H groups in total. The predicted octanol–water partition coefficient (Wildman–Crippen LogP) is 0.938. The Kier molecular flexibility index (Phi) is 4.70. The van der Waals surface area contributed by atoms with Gasteiger partial charge < -0.3 is 14.6 Å². The van der Waals surface area contributed by atoms with Crippen molar-refractivity contribution in [3.63, 3.8) is 0 Å². The number of aromatic nitrogens is 1. The van der Waals surface area contributed by atoms with Crippen LogP contribution in [0.25, 0.3) is 0 Å². The molecule has 0 bridgehead atoms. The number of hydrogen-bond acceptors (Lipinski definition) is 5. The molecular formula is C13H18N2O4. The largest absolute Gasteiger partial charge is 0.481 e. The third-order valence-corrected chi connectivity index (χ3v) is 3.21. The topological polar surface area (TPSA) is 71.9 Å². The molecule has 0 spiro atoms. The second-order valence-electron chi connectivity index (χ2n) is 4.40. The number of carboxylic acid groups (broad SMARTS) is 1. The summed E-state index contributed by atoms with van der Waals surface area (Å²) < 4.78 is 10.3. The van der Waals surface area contributed by atoms with Crippen LogP contribution in [0, 0.1) is 0 Å². The average molecular weight is 266 g/mol. The summed E-state index contributed by atoms with van der Waals surface area (Å²) in [6, 6.07) is 3.46. The van der Waals surface area contributed by atoms with Crippen molar-refractivity contribution in [1.29, 1.82) is 0 Å². The summed E-state index contributed by atoms with van der Waals surface area (Å²) in [5, 5.41) is 9.07. The van der Waals surface area contributed by atoms with Crippen molar-refractivity contribution in [3.8, 4) is 5.88 Å². The van der Waals surface area contributed by atoms with Crippen molar-refractivity contribution in [1.82, 2.24) is 9.88 Å². The summed E-state index contributed by atoms with van der Waals surface area (Å²) in [7, 11) is 1.55. The lowest BCUT2D eigenvalue weighted by molar-refractivity contribution is -0.139. The molecule has 19 heavy (non-hydrogen) atoms. The number of ether oxygens (including phenoxy) is 2. The fourth-order valence-corrected chi connectivity index (χ4v) is 2.22. The van der Waals surface area contributed by atoms with Crippen LogP contribution < -0.4 is 4.74 Å². The molecule has 1 atom stereocenters. The van der Waals surface area contributed by atoms with Crippen molar-refractivity contribution in [2.45, 2.75) is 12.5 Å². The normalized spacial score (nSPS) is 17.9. The van der Waals surface area contributed by atoms with Gasteiger partial charge in [0.1, 0.15) is 0 Å². The molecule has 2 heterocycles. The molecule has 1 unspecified atom stereocenters. The Balaban J connectivity index is 2.17. The minimum atomic E-state index is -0.813. The highest BCUT2D eigenvalue weighted by Gasteiger charge is 2.25. The molecule has 1 aliphatic rings. The molecule has 0 aromatic carbocycles. The first-order valence-corrected chi connectivity index (χ1v) is 6.24. The maximum Gasteiger partial charge on any atom is 0.305 e. The van der Waals surface area contributed by atoms with Crippen LogP contribution in [0.1, 0.15) is 18.0 Å². The van der Waals surface area contributed by atoms with Crippen LogP contribution in [0.15, 0.2) is 18.3 Å². The lowest BCUT2D eigenvalue weighted by Gasteiger charge is -2.33. The lowest BCUT2D eigenvalue weighted by atomic mass is 10.0. The molecule has 1 fully saturated rings. The van der Waals surface area contributed by atoms with Crippen LogP contribution in [0.4, 0.5) is 0 Å². The van der Waals surface area contributed by atoms with Gasteiger partial charge >= 0.3 is 5.97 Å². The molecule has 104 valence electrons. The fourth-order valence-electron chi connectivity index (χ4n) is 2.22. The first-order chi connectivity index (χ1) is 9.20. The first kappa shape index (κ1) is 13.8. The summed E-state index contributed by atoms with van der Waals surface area (Å²) in [5.41, 5.74) is 0.894. The van der Waals surface area contributed by atoms with Crippen molar-refractivity contribution in [3.05, 3.63) is 23.9 Å². The Hall–Kier alpha value is -1.66. The van der Waals surface area contributed by atoms with Crippen LogP contribution in [-0.2, 0) is 9.53 Å². The molecule has 1 aromatic heterocycles. The Morgan fingerprint density at radius 3 is 2.79 bits per heavy atom. The van der Waals surface area contributed by atoms with Gasteiger partial charge in [0, 0.05) is 31.4 Å². The summed E-state index contributed by atoms with van der Waals surface area (Å²) in [6.45, 7) is 2.76. The minimum Gasteiger partial charge on any atom is -0.481 e. The van der Waals surface area contributed by atoms with Gasteiger partial charge in [0.2, 0.25) is 5.88 Å². The Labute approximate surface area is 112 Å². The highest BCUT2D eigenvalue weighted by molar-refractivity contribution is 5.67. The summed E-state index contributed by atoms with van der Waals surface area (Å²) >= 11 is 0. The number of carboxylic acids is 1. The molecule has 0 amide bonds.